The van der Waals surface area contributed by atoms with E-state index >= 15 is 0 Å². The van der Waals surface area contributed by atoms with Crippen LogP contribution in [0.5, 0.6) is 0 Å². The number of nitrogens with zero attached hydrogens (tertiary/aromatic N) is 1. The Bertz CT molecular complexity index is 281. The third kappa shape index (κ3) is 2.90. The molecule has 0 amide bonds. The van der Waals surface area contributed by atoms with E-state index in [1.807, 2.05) is 25.1 Å². The van der Waals surface area contributed by atoms with Crippen LogP contribution in [0.2, 0.25) is 0 Å². The first kappa shape index (κ1) is 9.78. The molecule has 0 saturated carbocycles. The highest BCUT2D eigenvalue weighted by atomic mass is 16.5. The van der Waals surface area contributed by atoms with Crippen molar-refractivity contribution in [2.45, 2.75) is 20.3 Å². The molecule has 1 rings (SSSR count). The second-order valence-corrected chi connectivity index (χ2v) is 2.67. The molecule has 2 nitrogen and oxygen atoms in total. The van der Waals surface area contributed by atoms with Gasteiger partial charge >= 0.3 is 0 Å². The number of benzene rings is 1. The zero-order valence-corrected chi connectivity index (χ0v) is 8.16. The van der Waals surface area contributed by atoms with Gasteiger partial charge in [-0.2, -0.15) is 0 Å². The topological polar surface area (TPSA) is 21.6 Å². The van der Waals surface area contributed by atoms with Crippen LogP contribution >= 0.6 is 0 Å². The molecule has 1 aromatic rings. The molecule has 0 spiro atoms. The van der Waals surface area contributed by atoms with E-state index in [0.29, 0.717) is 6.61 Å². The average molecular weight is 177 g/mol. The lowest BCUT2D eigenvalue weighted by Gasteiger charge is -2.00. The Balaban J connectivity index is 2.74. The van der Waals surface area contributed by atoms with E-state index in [1.165, 1.54) is 12.0 Å². The van der Waals surface area contributed by atoms with E-state index in [9.17, 15) is 0 Å². The molecule has 0 saturated heterocycles. The van der Waals surface area contributed by atoms with Crippen LogP contribution < -0.4 is 0 Å². The molecular formula is C11H15NO. The second kappa shape index (κ2) is 5.36. The van der Waals surface area contributed by atoms with Crippen molar-refractivity contribution in [2.75, 3.05) is 6.61 Å². The van der Waals surface area contributed by atoms with Crippen LogP contribution in [0.15, 0.2) is 29.3 Å². The van der Waals surface area contributed by atoms with Crippen LogP contribution in [0.4, 0.5) is 5.69 Å². The fourth-order valence-corrected chi connectivity index (χ4v) is 1.10. The lowest BCUT2D eigenvalue weighted by atomic mass is 10.1. The van der Waals surface area contributed by atoms with Gasteiger partial charge in [-0.15, -0.1) is 0 Å². The van der Waals surface area contributed by atoms with Crippen molar-refractivity contribution < 1.29 is 4.74 Å². The quantitative estimate of drug-likeness (QED) is 0.512. The van der Waals surface area contributed by atoms with Crippen molar-refractivity contribution in [1.29, 1.82) is 0 Å². The molecule has 0 aliphatic rings. The van der Waals surface area contributed by atoms with E-state index in [-0.39, 0.29) is 0 Å². The molecule has 0 aliphatic heterocycles. The summed E-state index contributed by atoms with van der Waals surface area (Å²) in [5.41, 5.74) is 2.25. The van der Waals surface area contributed by atoms with Gasteiger partial charge in [0.05, 0.1) is 12.3 Å². The third-order valence-electron chi connectivity index (χ3n) is 1.81. The highest BCUT2D eigenvalue weighted by molar-refractivity contribution is 5.58. The Kier molecular flexibility index (Phi) is 4.03. The van der Waals surface area contributed by atoms with Crippen LogP contribution in [0, 0.1) is 0 Å². The summed E-state index contributed by atoms with van der Waals surface area (Å²) in [5, 5.41) is 0. The Morgan fingerprint density at radius 2 is 2.08 bits per heavy atom. The highest BCUT2D eigenvalue weighted by Gasteiger charge is 1.95. The zero-order chi connectivity index (χ0) is 9.52. The van der Waals surface area contributed by atoms with E-state index < -0.39 is 0 Å². The third-order valence-corrected chi connectivity index (χ3v) is 1.81. The van der Waals surface area contributed by atoms with Crippen molar-refractivity contribution in [3.63, 3.8) is 0 Å². The summed E-state index contributed by atoms with van der Waals surface area (Å²) in [6.45, 7) is 4.73. The van der Waals surface area contributed by atoms with Gasteiger partial charge in [-0.3, -0.25) is 0 Å². The van der Waals surface area contributed by atoms with Gasteiger partial charge in [0.15, 0.2) is 6.40 Å². The predicted octanol–water partition coefficient (Wildman–Crippen LogP) is 2.95. The summed E-state index contributed by atoms with van der Waals surface area (Å²) in [6, 6.07) is 8.09. The predicted molar refractivity (Wildman–Crippen MR) is 55.6 cm³/mol. The Morgan fingerprint density at radius 3 is 2.77 bits per heavy atom. The summed E-state index contributed by atoms with van der Waals surface area (Å²) >= 11 is 0. The molecule has 0 heterocycles. The summed E-state index contributed by atoms with van der Waals surface area (Å²) in [6.07, 6.45) is 2.51. The lowest BCUT2D eigenvalue weighted by molar-refractivity contribution is 0.344. The maximum Gasteiger partial charge on any atom is 0.174 e. The van der Waals surface area contributed by atoms with Gasteiger partial charge in [-0.05, 0) is 25.0 Å². The van der Waals surface area contributed by atoms with Crippen LogP contribution in [-0.2, 0) is 11.2 Å². The van der Waals surface area contributed by atoms with Crippen molar-refractivity contribution >= 4 is 12.1 Å². The number of aryl methyl sites for hydroxylation is 1. The number of hydrogen-bond donors (Lipinski definition) is 0. The molecule has 0 N–H and O–H groups in total. The first-order chi connectivity index (χ1) is 6.38. The molecule has 0 aromatic heterocycles. The summed E-state index contributed by atoms with van der Waals surface area (Å²) in [4.78, 5) is 4.22. The van der Waals surface area contributed by atoms with Gasteiger partial charge in [0.25, 0.3) is 0 Å². The van der Waals surface area contributed by atoms with Crippen LogP contribution in [0.3, 0.4) is 0 Å². The molecule has 13 heavy (non-hydrogen) atoms. The van der Waals surface area contributed by atoms with Crippen LogP contribution in [0.1, 0.15) is 19.4 Å². The minimum Gasteiger partial charge on any atom is -0.483 e. The molecule has 0 bridgehead atoms. The monoisotopic (exact) mass is 177 g/mol. The van der Waals surface area contributed by atoms with Gasteiger partial charge in [0.1, 0.15) is 0 Å². The van der Waals surface area contributed by atoms with Crippen molar-refractivity contribution in [3.05, 3.63) is 29.8 Å². The summed E-state index contributed by atoms with van der Waals surface area (Å²) < 4.78 is 5.05. The molecule has 0 fully saturated rings. The molecular weight excluding hydrogens is 162 g/mol. The number of ether oxygens (including phenoxy) is 1. The SMILES string of the molecule is CCOC=Nc1ccccc1CC. The van der Waals surface area contributed by atoms with Crippen LogP contribution in [0.25, 0.3) is 0 Å². The Labute approximate surface area is 79.3 Å². The minimum atomic E-state index is 0.664. The first-order valence-corrected chi connectivity index (χ1v) is 4.60. The fourth-order valence-electron chi connectivity index (χ4n) is 1.10. The van der Waals surface area contributed by atoms with Gasteiger partial charge in [0, 0.05) is 0 Å². The lowest BCUT2D eigenvalue weighted by Crippen LogP contribution is -1.85. The molecule has 0 aliphatic carbocycles. The molecule has 0 radical (unpaired) electrons. The van der Waals surface area contributed by atoms with Gasteiger partial charge in [-0.1, -0.05) is 25.1 Å². The Hall–Kier alpha value is -1.31. The Morgan fingerprint density at radius 1 is 1.31 bits per heavy atom. The zero-order valence-electron chi connectivity index (χ0n) is 8.16. The molecule has 0 unspecified atom stereocenters. The van der Waals surface area contributed by atoms with Crippen molar-refractivity contribution in [2.24, 2.45) is 4.99 Å². The first-order valence-electron chi connectivity index (χ1n) is 4.60. The smallest absolute Gasteiger partial charge is 0.174 e. The fraction of sp³-hybridized carbons (Fsp3) is 0.364. The van der Waals surface area contributed by atoms with Crippen molar-refractivity contribution in [1.82, 2.24) is 0 Å². The van der Waals surface area contributed by atoms with Crippen LogP contribution in [-0.4, -0.2) is 13.0 Å². The van der Waals surface area contributed by atoms with E-state index in [4.69, 9.17) is 4.74 Å². The van der Waals surface area contributed by atoms with Gasteiger partial charge < -0.3 is 4.74 Å². The largest absolute Gasteiger partial charge is 0.483 e. The average Bonchev–Trinajstić information content (AvgIpc) is 2.19. The van der Waals surface area contributed by atoms with E-state index in [2.05, 4.69) is 18.0 Å². The maximum absolute atomic E-state index is 5.05. The molecule has 2 heteroatoms. The number of rotatable bonds is 4. The minimum absolute atomic E-state index is 0.664. The molecule has 1 aromatic carbocycles. The summed E-state index contributed by atoms with van der Waals surface area (Å²) in [5.74, 6) is 0. The molecule has 70 valence electrons. The second-order valence-electron chi connectivity index (χ2n) is 2.67. The number of hydrogen-bond acceptors (Lipinski definition) is 2. The van der Waals surface area contributed by atoms with E-state index in [0.717, 1.165) is 12.1 Å². The number of para-hydroxylation sites is 1. The standard InChI is InChI=1S/C11H15NO/c1-3-10-7-5-6-8-11(10)12-9-13-4-2/h5-9H,3-4H2,1-2H3. The highest BCUT2D eigenvalue weighted by Crippen LogP contribution is 2.18. The summed E-state index contributed by atoms with van der Waals surface area (Å²) in [7, 11) is 0. The maximum atomic E-state index is 5.05. The van der Waals surface area contributed by atoms with E-state index in [1.54, 1.807) is 0 Å². The van der Waals surface area contributed by atoms with Gasteiger partial charge in [-0.25, -0.2) is 4.99 Å². The number of aliphatic imine (C=N–C) groups is 1. The van der Waals surface area contributed by atoms with Crippen molar-refractivity contribution in [3.8, 4) is 0 Å². The normalized spacial score (nSPS) is 10.6. The van der Waals surface area contributed by atoms with Gasteiger partial charge in [0.2, 0.25) is 0 Å². The molecule has 0 atom stereocenters.